The van der Waals surface area contributed by atoms with Crippen LogP contribution in [0.3, 0.4) is 0 Å². The zero-order valence-corrected chi connectivity index (χ0v) is 37.5. The van der Waals surface area contributed by atoms with Gasteiger partial charge in [-0.25, -0.2) is 10.1 Å². The van der Waals surface area contributed by atoms with E-state index < -0.39 is 5.97 Å². The van der Waals surface area contributed by atoms with E-state index in [1.807, 2.05) is 60.7 Å². The van der Waals surface area contributed by atoms with Crippen LogP contribution in [0.1, 0.15) is 92.3 Å². The van der Waals surface area contributed by atoms with Crippen LogP contribution >= 0.6 is 11.8 Å². The van der Waals surface area contributed by atoms with Gasteiger partial charge in [-0.05, 0) is 110 Å². The summed E-state index contributed by atoms with van der Waals surface area (Å²) in [5.41, 5.74) is 8.28. The van der Waals surface area contributed by atoms with E-state index in [1.54, 1.807) is 35.4 Å². The molecule has 0 bridgehead atoms. The lowest BCUT2D eigenvalue weighted by molar-refractivity contribution is -0.463. The van der Waals surface area contributed by atoms with Gasteiger partial charge >= 0.3 is 11.9 Å². The van der Waals surface area contributed by atoms with Crippen LogP contribution in [0.5, 0.6) is 0 Å². The molecule has 2 heterocycles. The monoisotopic (exact) mass is 900 g/mol. The number of pyridine rings is 1. The van der Waals surface area contributed by atoms with E-state index in [4.69, 9.17) is 24.3 Å². The Morgan fingerprint density at radius 2 is 1.49 bits per heavy atom. The summed E-state index contributed by atoms with van der Waals surface area (Å²) in [4.78, 5) is 59.2. The van der Waals surface area contributed by atoms with E-state index in [0.29, 0.717) is 67.7 Å². The summed E-state index contributed by atoms with van der Waals surface area (Å²) in [6, 6.07) is 33.1. The zero-order valence-electron chi connectivity index (χ0n) is 36.7. The Hall–Kier alpha value is -5.90. The number of carbonyl (C=O) groups is 4. The molecule has 0 spiro atoms. The number of nitrogens with two attached hydrogens (primary N) is 1. The minimum absolute atomic E-state index is 0.0366. The molecule has 13 nitrogen and oxygen atoms in total. The van der Waals surface area contributed by atoms with E-state index in [9.17, 15) is 19.2 Å². The summed E-state index contributed by atoms with van der Waals surface area (Å²) in [7, 11) is 0. The van der Waals surface area contributed by atoms with E-state index in [0.717, 1.165) is 72.6 Å². The lowest BCUT2D eigenvalue weighted by Gasteiger charge is -2.29. The predicted molar refractivity (Wildman–Crippen MR) is 251 cm³/mol. The number of anilines is 1. The Labute approximate surface area is 384 Å². The van der Waals surface area contributed by atoms with Crippen molar-refractivity contribution >= 4 is 46.8 Å². The number of aromatic nitrogens is 1. The minimum Gasteiger partial charge on any atom is -0.481 e. The number of aliphatic carboxylic acids is 1. The van der Waals surface area contributed by atoms with Crippen LogP contribution in [0.2, 0.25) is 0 Å². The predicted octanol–water partition coefficient (Wildman–Crippen LogP) is 7.13. The van der Waals surface area contributed by atoms with Crippen molar-refractivity contribution in [2.75, 3.05) is 64.2 Å². The van der Waals surface area contributed by atoms with Gasteiger partial charge in [0.15, 0.2) is 0 Å². The number of hydrogen-bond donors (Lipinski definition) is 4. The first-order valence-corrected chi connectivity index (χ1v) is 23.5. The molecule has 5 N–H and O–H groups in total. The molecule has 14 heteroatoms. The summed E-state index contributed by atoms with van der Waals surface area (Å²) in [6.07, 6.45) is 8.04. The normalized spacial score (nSPS) is 14.6. The lowest BCUT2D eigenvalue weighted by Crippen LogP contribution is -2.82. The van der Waals surface area contributed by atoms with Crippen LogP contribution in [0.25, 0.3) is 11.3 Å². The number of fused-ring (bicyclic) bond motifs is 1. The summed E-state index contributed by atoms with van der Waals surface area (Å²) < 4.78 is 16.1. The number of ether oxygens (including phenoxy) is 3. The number of rotatable bonds is 22. The molecule has 1 aromatic heterocycles. The Kier molecular flexibility index (Phi) is 17.7. The molecule has 1 atom stereocenters. The molecule has 0 radical (unpaired) electrons. The second-order valence-corrected chi connectivity index (χ2v) is 17.2. The molecule has 0 unspecified atom stereocenters. The summed E-state index contributed by atoms with van der Waals surface area (Å²) in [6.45, 7) is 4.15. The zero-order chi connectivity index (χ0) is 45.2. The third kappa shape index (κ3) is 14.0. The number of primary amides is 1. The van der Waals surface area contributed by atoms with Crippen molar-refractivity contribution in [2.24, 2.45) is 0 Å². The molecular formula is C51H58N5O8S+. The highest BCUT2D eigenvalue weighted by Crippen LogP contribution is 2.33. The maximum Gasteiger partial charge on any atom is 0.347 e. The van der Waals surface area contributed by atoms with Crippen LogP contribution < -0.4 is 20.9 Å². The standard InChI is InChI=1S/C51H57N5O8S/c57-48(58)20-25-62-27-29-64-30-28-63-26-22-53-49(59)39-13-7-14-42(32-39)65-35-36-9-6-12-38(31-36)50(60)55-46-18-17-41(56-23-4-1-5-24-56)34-44(46)47-33-40(19-21-52-47)51(61)54-45-16-8-11-37-10-2-3-15-43(37)45/h2-3,6-7,9-10,12-15,17-19,21,31-34,45H,1,4-5,8,11,16,20,22-30,35H2,(H,53,59)(H,54,61)(H,55,60)(H,57,58)/p+1/t45-/m0/s1. The topological polar surface area (TPSA) is 173 Å². The van der Waals surface area contributed by atoms with Gasteiger partial charge in [0.25, 0.3) is 11.8 Å². The SMILES string of the molecule is O=C(O)CCOCCOCCOCCNC(=O)c1cccc(SCc2cccc(C(=O)[NH2+]c3ccc(N4CCCCC4)cc3-c3cc(C(=O)N[C@H]4CCCc5ccccc54)ccn3)c2)c1. The molecule has 1 aliphatic carbocycles. The highest BCUT2D eigenvalue weighted by Gasteiger charge is 2.24. The smallest absolute Gasteiger partial charge is 0.347 e. The van der Waals surface area contributed by atoms with Crippen LogP contribution in [0.15, 0.2) is 114 Å². The van der Waals surface area contributed by atoms with E-state index in [2.05, 4.69) is 45.9 Å². The average molecular weight is 901 g/mol. The number of hydrogen-bond acceptors (Lipinski definition) is 10. The van der Waals surface area contributed by atoms with Crippen LogP contribution in [0.4, 0.5) is 11.4 Å². The molecular weight excluding hydrogens is 843 g/mol. The highest BCUT2D eigenvalue weighted by atomic mass is 32.2. The molecule has 0 saturated carbocycles. The van der Waals surface area contributed by atoms with Crippen molar-refractivity contribution in [1.29, 1.82) is 0 Å². The van der Waals surface area contributed by atoms with E-state index >= 15 is 0 Å². The van der Waals surface area contributed by atoms with Gasteiger partial charge in [0.2, 0.25) is 0 Å². The minimum atomic E-state index is -0.898. The molecule has 5 aromatic rings. The molecule has 1 fully saturated rings. The number of amides is 3. The van der Waals surface area contributed by atoms with Gasteiger partial charge in [0.05, 0.1) is 68.9 Å². The van der Waals surface area contributed by atoms with Gasteiger partial charge in [-0.15, -0.1) is 11.8 Å². The number of carboxylic acids is 1. The third-order valence-corrected chi connectivity index (χ3v) is 12.5. The van der Waals surface area contributed by atoms with Crippen molar-refractivity contribution < 1.29 is 43.8 Å². The summed E-state index contributed by atoms with van der Waals surface area (Å²) in [5, 5.41) is 16.5. The van der Waals surface area contributed by atoms with Crippen LogP contribution in [-0.2, 0) is 31.2 Å². The summed E-state index contributed by atoms with van der Waals surface area (Å²) >= 11 is 1.58. The first-order chi connectivity index (χ1) is 31.8. The van der Waals surface area contributed by atoms with E-state index in [-0.39, 0.29) is 36.8 Å². The van der Waals surface area contributed by atoms with Crippen molar-refractivity contribution in [3.05, 3.63) is 143 Å². The first-order valence-electron chi connectivity index (χ1n) is 22.5. The lowest BCUT2D eigenvalue weighted by atomic mass is 9.87. The number of piperidine rings is 1. The van der Waals surface area contributed by atoms with Gasteiger partial charge in [0, 0.05) is 59.4 Å². The number of thioether (sulfide) groups is 1. The van der Waals surface area contributed by atoms with Crippen molar-refractivity contribution in [2.45, 2.75) is 61.6 Å². The number of carbonyl (C=O) groups excluding carboxylic acids is 3. The molecule has 340 valence electrons. The number of benzene rings is 4. The molecule has 1 aliphatic heterocycles. The molecule has 7 rings (SSSR count). The second-order valence-electron chi connectivity index (χ2n) is 16.1. The fraction of sp³-hybridized carbons (Fsp3) is 0.353. The van der Waals surface area contributed by atoms with E-state index in [1.165, 1.54) is 17.5 Å². The van der Waals surface area contributed by atoms with Gasteiger partial charge in [0.1, 0.15) is 5.69 Å². The van der Waals surface area contributed by atoms with Crippen LogP contribution in [0, 0.1) is 0 Å². The number of quaternary nitrogens is 1. The van der Waals surface area contributed by atoms with Crippen molar-refractivity contribution in [3.63, 3.8) is 0 Å². The van der Waals surface area contributed by atoms with Crippen LogP contribution in [-0.4, -0.2) is 93.1 Å². The fourth-order valence-corrected chi connectivity index (χ4v) is 8.98. The first kappa shape index (κ1) is 47.1. The second kappa shape index (κ2) is 24.4. The quantitative estimate of drug-likeness (QED) is 0.0316. The molecule has 65 heavy (non-hydrogen) atoms. The third-order valence-electron chi connectivity index (χ3n) is 11.5. The number of carboxylic acid groups (broad SMARTS) is 1. The van der Waals surface area contributed by atoms with Gasteiger partial charge in [-0.1, -0.05) is 42.5 Å². The molecule has 3 amide bonds. The fourth-order valence-electron chi connectivity index (χ4n) is 8.08. The Balaban J connectivity index is 0.943. The van der Waals surface area contributed by atoms with Crippen molar-refractivity contribution in [1.82, 2.24) is 15.6 Å². The molecule has 2 aliphatic rings. The molecule has 4 aromatic carbocycles. The number of nitrogens with one attached hydrogen (secondary N) is 2. The summed E-state index contributed by atoms with van der Waals surface area (Å²) in [5.74, 6) is -0.787. The van der Waals surface area contributed by atoms with Gasteiger partial charge < -0.3 is 34.9 Å². The van der Waals surface area contributed by atoms with Gasteiger partial charge in [-0.2, -0.15) is 0 Å². The Bertz CT molecular complexity index is 2410. The Morgan fingerprint density at radius 3 is 2.32 bits per heavy atom. The van der Waals surface area contributed by atoms with Gasteiger partial charge in [-0.3, -0.25) is 19.4 Å². The Morgan fingerprint density at radius 1 is 0.738 bits per heavy atom. The largest absolute Gasteiger partial charge is 0.481 e. The molecule has 1 saturated heterocycles. The number of aryl methyl sites for hydroxylation is 1. The number of nitrogens with zero attached hydrogens (tertiary/aromatic N) is 2. The van der Waals surface area contributed by atoms with Crippen molar-refractivity contribution in [3.8, 4) is 11.3 Å². The maximum absolute atomic E-state index is 14.0. The highest BCUT2D eigenvalue weighted by molar-refractivity contribution is 7.98. The maximum atomic E-state index is 14.0. The average Bonchev–Trinajstić information content (AvgIpc) is 3.34.